The third-order valence-electron chi connectivity index (χ3n) is 5.53. The predicted octanol–water partition coefficient (Wildman–Crippen LogP) is 6.82. The number of halogens is 4. The van der Waals surface area contributed by atoms with Gasteiger partial charge in [0.1, 0.15) is 5.01 Å². The monoisotopic (exact) mass is 555 g/mol. The van der Waals surface area contributed by atoms with E-state index in [1.165, 1.54) is 22.3 Å². The minimum Gasteiger partial charge on any atom is -0.336 e. The summed E-state index contributed by atoms with van der Waals surface area (Å²) in [6.45, 7) is 7.37. The summed E-state index contributed by atoms with van der Waals surface area (Å²) in [5, 5.41) is 5.62. The SMILES string of the molecule is CC(C)(C)c1cc(-c2nc(-c3ccc(N(CCN4CCNC4=O)SC(F)(F)F)cc3Cl)cs2)ccn1. The molecule has 1 aromatic carbocycles. The molecule has 3 heterocycles. The van der Waals surface area contributed by atoms with Gasteiger partial charge in [0.25, 0.3) is 0 Å². The lowest BCUT2D eigenvalue weighted by Gasteiger charge is -2.26. The Morgan fingerprint density at radius 3 is 2.64 bits per heavy atom. The largest absolute Gasteiger partial charge is 0.461 e. The number of pyridine rings is 1. The summed E-state index contributed by atoms with van der Waals surface area (Å²) >= 11 is 7.75. The Balaban J connectivity index is 1.56. The van der Waals surface area contributed by atoms with Gasteiger partial charge in [0.2, 0.25) is 0 Å². The number of rotatable bonds is 7. The van der Waals surface area contributed by atoms with Crippen molar-refractivity contribution in [3.05, 3.63) is 52.6 Å². The number of urea groups is 1. The molecular formula is C24H25ClF3N5OS2. The van der Waals surface area contributed by atoms with E-state index in [-0.39, 0.29) is 36.5 Å². The molecule has 0 saturated carbocycles. The van der Waals surface area contributed by atoms with Gasteiger partial charge in [-0.15, -0.1) is 11.3 Å². The number of hydrogen-bond acceptors (Lipinski definition) is 6. The van der Waals surface area contributed by atoms with Crippen molar-refractivity contribution in [3.8, 4) is 21.8 Å². The lowest BCUT2D eigenvalue weighted by atomic mass is 9.91. The van der Waals surface area contributed by atoms with E-state index in [4.69, 9.17) is 16.6 Å². The minimum atomic E-state index is -4.49. The van der Waals surface area contributed by atoms with E-state index in [1.807, 2.05) is 17.5 Å². The molecule has 192 valence electrons. The number of amides is 2. The highest BCUT2D eigenvalue weighted by Crippen LogP contribution is 2.40. The van der Waals surface area contributed by atoms with Crippen molar-refractivity contribution in [2.75, 3.05) is 30.5 Å². The number of anilines is 1. The van der Waals surface area contributed by atoms with Gasteiger partial charge in [0.05, 0.1) is 22.7 Å². The number of hydrogen-bond donors (Lipinski definition) is 1. The van der Waals surface area contributed by atoms with Gasteiger partial charge in [-0.25, -0.2) is 9.78 Å². The van der Waals surface area contributed by atoms with Crippen LogP contribution in [0.1, 0.15) is 26.5 Å². The number of carbonyl (C=O) groups is 1. The average Bonchev–Trinajstić information content (AvgIpc) is 3.44. The maximum Gasteiger partial charge on any atom is 0.461 e. The first kappa shape index (κ1) is 26.6. The van der Waals surface area contributed by atoms with Gasteiger partial charge in [-0.05, 0) is 30.3 Å². The molecule has 0 bridgehead atoms. The van der Waals surface area contributed by atoms with Crippen LogP contribution in [0.2, 0.25) is 5.02 Å². The fourth-order valence-corrected chi connectivity index (χ4v) is 5.39. The van der Waals surface area contributed by atoms with E-state index in [2.05, 4.69) is 31.1 Å². The summed E-state index contributed by atoms with van der Waals surface area (Å²) in [7, 11) is 0. The quantitative estimate of drug-likeness (QED) is 0.324. The molecule has 4 rings (SSSR count). The zero-order valence-electron chi connectivity index (χ0n) is 19.9. The topological polar surface area (TPSA) is 61.4 Å². The summed E-state index contributed by atoms with van der Waals surface area (Å²) in [6.07, 6.45) is 1.76. The molecule has 0 atom stereocenters. The molecule has 2 aromatic heterocycles. The molecule has 2 amide bonds. The highest BCUT2D eigenvalue weighted by atomic mass is 35.5. The Hall–Kier alpha value is -2.50. The molecule has 1 fully saturated rings. The van der Waals surface area contributed by atoms with Crippen LogP contribution in [-0.2, 0) is 5.41 Å². The van der Waals surface area contributed by atoms with Crippen LogP contribution >= 0.6 is 34.9 Å². The molecular weight excluding hydrogens is 531 g/mol. The Bertz CT molecular complexity index is 1240. The van der Waals surface area contributed by atoms with Crippen LogP contribution in [0, 0.1) is 0 Å². The molecule has 0 unspecified atom stereocenters. The fraction of sp³-hybridized carbons (Fsp3) is 0.375. The van der Waals surface area contributed by atoms with Crippen molar-refractivity contribution in [1.29, 1.82) is 0 Å². The van der Waals surface area contributed by atoms with Crippen molar-refractivity contribution < 1.29 is 18.0 Å². The van der Waals surface area contributed by atoms with E-state index in [9.17, 15) is 18.0 Å². The number of aromatic nitrogens is 2. The van der Waals surface area contributed by atoms with Crippen LogP contribution in [0.5, 0.6) is 0 Å². The fourth-order valence-electron chi connectivity index (χ4n) is 3.66. The second kappa shape index (κ2) is 10.5. The maximum absolute atomic E-state index is 13.3. The van der Waals surface area contributed by atoms with Crippen molar-refractivity contribution in [2.45, 2.75) is 31.7 Å². The normalized spacial score (nSPS) is 14.3. The van der Waals surface area contributed by atoms with E-state index < -0.39 is 5.51 Å². The summed E-state index contributed by atoms with van der Waals surface area (Å²) in [5.41, 5.74) is -1.13. The Kier molecular flexibility index (Phi) is 7.72. The van der Waals surface area contributed by atoms with E-state index in [1.54, 1.807) is 18.3 Å². The van der Waals surface area contributed by atoms with Crippen molar-refractivity contribution in [3.63, 3.8) is 0 Å². The van der Waals surface area contributed by atoms with Crippen LogP contribution in [0.25, 0.3) is 21.8 Å². The van der Waals surface area contributed by atoms with E-state index in [0.717, 1.165) is 20.6 Å². The van der Waals surface area contributed by atoms with Crippen LogP contribution in [-0.4, -0.2) is 52.6 Å². The highest BCUT2D eigenvalue weighted by Gasteiger charge is 2.34. The molecule has 1 aliphatic heterocycles. The number of benzene rings is 1. The number of alkyl halides is 3. The third kappa shape index (κ3) is 6.43. The molecule has 36 heavy (non-hydrogen) atoms. The standard InChI is InChI=1S/C24H25ClF3N5OS2/c1-23(2,3)20-12-15(6-7-29-20)21-31-19(14-35-21)17-5-4-16(13-18(17)25)33(36-24(26,27)28)11-10-32-9-8-30-22(32)34/h4-7,12-14H,8-11H2,1-3H3,(H,30,34). The number of nitrogens with one attached hydrogen (secondary N) is 1. The molecule has 1 N–H and O–H groups in total. The number of carbonyl (C=O) groups excluding carboxylic acids is 1. The molecule has 3 aromatic rings. The van der Waals surface area contributed by atoms with Crippen molar-refractivity contribution in [1.82, 2.24) is 20.2 Å². The van der Waals surface area contributed by atoms with Gasteiger partial charge in [0.15, 0.2) is 0 Å². The number of thiazole rings is 1. The predicted molar refractivity (Wildman–Crippen MR) is 140 cm³/mol. The third-order valence-corrected chi connectivity index (χ3v) is 7.55. The molecule has 6 nitrogen and oxygen atoms in total. The van der Waals surface area contributed by atoms with Crippen molar-refractivity contribution in [2.24, 2.45) is 0 Å². The smallest absolute Gasteiger partial charge is 0.336 e. The second-order valence-corrected chi connectivity index (χ2v) is 11.6. The van der Waals surface area contributed by atoms with Gasteiger partial charge in [0, 0.05) is 65.7 Å². The second-order valence-electron chi connectivity index (χ2n) is 9.24. The molecule has 12 heteroatoms. The lowest BCUT2D eigenvalue weighted by molar-refractivity contribution is -0.0329. The van der Waals surface area contributed by atoms with Gasteiger partial charge in [-0.3, -0.25) is 4.98 Å². The van der Waals surface area contributed by atoms with Gasteiger partial charge in [-0.1, -0.05) is 32.4 Å². The first-order valence-corrected chi connectivity index (χ1v) is 13.2. The molecule has 1 aliphatic rings. The summed E-state index contributed by atoms with van der Waals surface area (Å²) in [6, 6.07) is 8.41. The molecule has 0 spiro atoms. The van der Waals surface area contributed by atoms with Gasteiger partial charge in [-0.2, -0.15) is 13.2 Å². The molecule has 1 saturated heterocycles. The Labute approximate surface area is 221 Å². The van der Waals surface area contributed by atoms with Crippen LogP contribution in [0.4, 0.5) is 23.7 Å². The van der Waals surface area contributed by atoms with E-state index in [0.29, 0.717) is 35.1 Å². The average molecular weight is 556 g/mol. The van der Waals surface area contributed by atoms with Gasteiger partial charge >= 0.3 is 11.5 Å². The Morgan fingerprint density at radius 1 is 1.22 bits per heavy atom. The summed E-state index contributed by atoms with van der Waals surface area (Å²) in [4.78, 5) is 22.4. The zero-order chi connectivity index (χ0) is 26.1. The molecule has 0 radical (unpaired) electrons. The highest BCUT2D eigenvalue weighted by molar-refractivity contribution is 8.01. The minimum absolute atomic E-state index is 0.00766. The first-order valence-electron chi connectivity index (χ1n) is 11.2. The van der Waals surface area contributed by atoms with Crippen LogP contribution in [0.3, 0.4) is 0 Å². The maximum atomic E-state index is 13.3. The van der Waals surface area contributed by atoms with Crippen LogP contribution < -0.4 is 9.62 Å². The van der Waals surface area contributed by atoms with Gasteiger partial charge < -0.3 is 14.5 Å². The summed E-state index contributed by atoms with van der Waals surface area (Å²) in [5.74, 6) is 0. The van der Waals surface area contributed by atoms with Crippen LogP contribution in [0.15, 0.2) is 41.9 Å². The number of nitrogens with zero attached hydrogens (tertiary/aromatic N) is 4. The zero-order valence-corrected chi connectivity index (χ0v) is 22.3. The Morgan fingerprint density at radius 2 is 2.00 bits per heavy atom. The summed E-state index contributed by atoms with van der Waals surface area (Å²) < 4.78 is 40.9. The first-order chi connectivity index (χ1) is 16.9. The lowest BCUT2D eigenvalue weighted by Crippen LogP contribution is -2.35. The molecule has 0 aliphatic carbocycles. The van der Waals surface area contributed by atoms with Crippen molar-refractivity contribution >= 4 is 46.6 Å². The van der Waals surface area contributed by atoms with E-state index >= 15 is 0 Å².